The molecule has 128 valence electrons. The van der Waals surface area contributed by atoms with Crippen molar-refractivity contribution in [2.45, 2.75) is 46.2 Å². The Morgan fingerprint density at radius 1 is 1.33 bits per heavy atom. The SMILES string of the molecule is CC(C)COc1cccc(C(=O)NC(C)c2nnc3n2CCC3)c1. The molecule has 1 aliphatic heterocycles. The minimum absolute atomic E-state index is 0.132. The average molecular weight is 328 g/mol. The molecule has 1 aromatic heterocycles. The lowest BCUT2D eigenvalue weighted by Gasteiger charge is -2.15. The van der Waals surface area contributed by atoms with Crippen molar-refractivity contribution in [2.24, 2.45) is 5.92 Å². The summed E-state index contributed by atoms with van der Waals surface area (Å²) in [5, 5.41) is 11.4. The quantitative estimate of drug-likeness (QED) is 0.885. The van der Waals surface area contributed by atoms with E-state index in [4.69, 9.17) is 4.74 Å². The van der Waals surface area contributed by atoms with Gasteiger partial charge in [-0.1, -0.05) is 19.9 Å². The number of ether oxygens (including phenoxy) is 1. The first kappa shape index (κ1) is 16.5. The van der Waals surface area contributed by atoms with Crippen LogP contribution in [0, 0.1) is 5.92 Å². The molecule has 1 aromatic carbocycles. The van der Waals surface area contributed by atoms with E-state index < -0.39 is 0 Å². The van der Waals surface area contributed by atoms with Crippen LogP contribution in [0.3, 0.4) is 0 Å². The van der Waals surface area contributed by atoms with Crippen LogP contribution >= 0.6 is 0 Å². The molecule has 6 nitrogen and oxygen atoms in total. The molecule has 1 amide bonds. The van der Waals surface area contributed by atoms with E-state index in [9.17, 15) is 4.79 Å². The standard InChI is InChI=1S/C18H24N4O2/c1-12(2)11-24-15-7-4-6-14(10-15)18(23)19-13(3)17-21-20-16-8-5-9-22(16)17/h4,6-7,10,12-13H,5,8-9,11H2,1-3H3,(H,19,23). The number of aromatic nitrogens is 3. The molecular weight excluding hydrogens is 304 g/mol. The van der Waals surface area contributed by atoms with E-state index in [0.717, 1.165) is 31.0 Å². The van der Waals surface area contributed by atoms with Gasteiger partial charge in [0.25, 0.3) is 5.91 Å². The third-order valence-electron chi connectivity index (χ3n) is 4.05. The van der Waals surface area contributed by atoms with Crippen molar-refractivity contribution in [3.05, 3.63) is 41.5 Å². The number of nitrogens with zero attached hydrogens (tertiary/aromatic N) is 3. The molecule has 1 atom stereocenters. The molecule has 1 aliphatic rings. The highest BCUT2D eigenvalue weighted by Gasteiger charge is 2.22. The highest BCUT2D eigenvalue weighted by molar-refractivity contribution is 5.94. The summed E-state index contributed by atoms with van der Waals surface area (Å²) >= 11 is 0. The molecule has 0 bridgehead atoms. The minimum Gasteiger partial charge on any atom is -0.493 e. The molecule has 0 aliphatic carbocycles. The molecule has 3 rings (SSSR count). The fraction of sp³-hybridized carbons (Fsp3) is 0.500. The van der Waals surface area contributed by atoms with Gasteiger partial charge in [-0.25, -0.2) is 0 Å². The molecule has 0 saturated carbocycles. The minimum atomic E-state index is -0.183. The Labute approximate surface area is 142 Å². The summed E-state index contributed by atoms with van der Waals surface area (Å²) in [6.07, 6.45) is 2.05. The monoisotopic (exact) mass is 328 g/mol. The topological polar surface area (TPSA) is 69.0 Å². The zero-order valence-electron chi connectivity index (χ0n) is 14.5. The number of aryl methyl sites for hydroxylation is 1. The molecule has 2 heterocycles. The zero-order valence-corrected chi connectivity index (χ0v) is 14.5. The largest absolute Gasteiger partial charge is 0.493 e. The lowest BCUT2D eigenvalue weighted by Crippen LogP contribution is -2.28. The number of rotatable bonds is 6. The van der Waals surface area contributed by atoms with Crippen LogP contribution in [0.5, 0.6) is 5.75 Å². The molecule has 2 aromatic rings. The summed E-state index contributed by atoms with van der Waals surface area (Å²) in [6.45, 7) is 7.68. The molecule has 24 heavy (non-hydrogen) atoms. The van der Waals surface area contributed by atoms with Gasteiger partial charge in [-0.2, -0.15) is 0 Å². The first-order valence-electron chi connectivity index (χ1n) is 8.50. The normalized spacial score (nSPS) is 14.5. The van der Waals surface area contributed by atoms with Gasteiger partial charge in [0.2, 0.25) is 0 Å². The first-order valence-corrected chi connectivity index (χ1v) is 8.50. The van der Waals surface area contributed by atoms with Crippen LogP contribution in [0.2, 0.25) is 0 Å². The van der Waals surface area contributed by atoms with Gasteiger partial charge in [0.05, 0.1) is 12.6 Å². The van der Waals surface area contributed by atoms with Crippen molar-refractivity contribution >= 4 is 5.91 Å². The van der Waals surface area contributed by atoms with E-state index in [2.05, 4.69) is 33.9 Å². The predicted molar refractivity (Wildman–Crippen MR) is 91.0 cm³/mol. The Bertz CT molecular complexity index is 724. The first-order chi connectivity index (χ1) is 11.5. The Balaban J connectivity index is 1.67. The molecule has 0 fully saturated rings. The van der Waals surface area contributed by atoms with Crippen LogP contribution in [0.25, 0.3) is 0 Å². The molecular formula is C18H24N4O2. The second-order valence-electron chi connectivity index (χ2n) is 6.66. The van der Waals surface area contributed by atoms with Gasteiger partial charge >= 0.3 is 0 Å². The molecule has 0 saturated heterocycles. The van der Waals surface area contributed by atoms with E-state index >= 15 is 0 Å². The Hall–Kier alpha value is -2.37. The highest BCUT2D eigenvalue weighted by atomic mass is 16.5. The third kappa shape index (κ3) is 3.58. The van der Waals surface area contributed by atoms with E-state index in [1.165, 1.54) is 0 Å². The summed E-state index contributed by atoms with van der Waals surface area (Å²) in [5.74, 6) is 2.86. The Morgan fingerprint density at radius 2 is 2.17 bits per heavy atom. The molecule has 6 heteroatoms. The maximum atomic E-state index is 12.5. The number of nitrogens with one attached hydrogen (secondary N) is 1. The summed E-state index contributed by atoms with van der Waals surface area (Å²) in [7, 11) is 0. The lowest BCUT2D eigenvalue weighted by molar-refractivity contribution is 0.0937. The highest BCUT2D eigenvalue weighted by Crippen LogP contribution is 2.20. The van der Waals surface area contributed by atoms with Crippen LogP contribution in [-0.4, -0.2) is 27.3 Å². The molecule has 1 N–H and O–H groups in total. The van der Waals surface area contributed by atoms with Gasteiger partial charge < -0.3 is 14.6 Å². The summed E-state index contributed by atoms with van der Waals surface area (Å²) in [4.78, 5) is 12.5. The molecule has 1 unspecified atom stereocenters. The van der Waals surface area contributed by atoms with Gasteiger partial charge in [0.15, 0.2) is 5.82 Å². The van der Waals surface area contributed by atoms with Gasteiger partial charge in [-0.15, -0.1) is 10.2 Å². The van der Waals surface area contributed by atoms with Crippen LogP contribution in [0.1, 0.15) is 55.2 Å². The Morgan fingerprint density at radius 3 is 2.96 bits per heavy atom. The second-order valence-corrected chi connectivity index (χ2v) is 6.66. The van der Waals surface area contributed by atoms with Gasteiger partial charge in [0.1, 0.15) is 11.6 Å². The van der Waals surface area contributed by atoms with Crippen molar-refractivity contribution < 1.29 is 9.53 Å². The van der Waals surface area contributed by atoms with Gasteiger partial charge in [0, 0.05) is 18.5 Å². The van der Waals surface area contributed by atoms with E-state index in [1.807, 2.05) is 19.1 Å². The van der Waals surface area contributed by atoms with Gasteiger partial charge in [-0.3, -0.25) is 4.79 Å². The number of amides is 1. The summed E-state index contributed by atoms with van der Waals surface area (Å²) < 4.78 is 7.79. The van der Waals surface area contributed by atoms with Crippen molar-refractivity contribution in [3.63, 3.8) is 0 Å². The fourth-order valence-electron chi connectivity index (χ4n) is 2.83. The number of carbonyl (C=O) groups excluding carboxylic acids is 1. The second kappa shape index (κ2) is 7.03. The van der Waals surface area contributed by atoms with Crippen LogP contribution in [0.15, 0.2) is 24.3 Å². The van der Waals surface area contributed by atoms with E-state index in [0.29, 0.717) is 23.8 Å². The number of carbonyl (C=O) groups is 1. The Kier molecular flexibility index (Phi) is 4.83. The zero-order chi connectivity index (χ0) is 17.1. The van der Waals surface area contributed by atoms with Crippen LogP contribution in [0.4, 0.5) is 0 Å². The number of fused-ring (bicyclic) bond motifs is 1. The third-order valence-corrected chi connectivity index (χ3v) is 4.05. The fourth-order valence-corrected chi connectivity index (χ4v) is 2.83. The average Bonchev–Trinajstić information content (AvgIpc) is 3.16. The number of hydrogen-bond acceptors (Lipinski definition) is 4. The number of hydrogen-bond donors (Lipinski definition) is 1. The molecule has 0 spiro atoms. The van der Waals surface area contributed by atoms with E-state index in [1.54, 1.807) is 12.1 Å². The summed E-state index contributed by atoms with van der Waals surface area (Å²) in [6, 6.07) is 7.09. The number of benzene rings is 1. The maximum Gasteiger partial charge on any atom is 0.251 e. The van der Waals surface area contributed by atoms with Crippen LogP contribution in [-0.2, 0) is 13.0 Å². The maximum absolute atomic E-state index is 12.5. The van der Waals surface area contributed by atoms with Crippen LogP contribution < -0.4 is 10.1 Å². The lowest BCUT2D eigenvalue weighted by atomic mass is 10.2. The molecule has 0 radical (unpaired) electrons. The van der Waals surface area contributed by atoms with E-state index in [-0.39, 0.29) is 11.9 Å². The van der Waals surface area contributed by atoms with Crippen molar-refractivity contribution in [3.8, 4) is 5.75 Å². The smallest absolute Gasteiger partial charge is 0.251 e. The van der Waals surface area contributed by atoms with Gasteiger partial charge in [-0.05, 0) is 37.5 Å². The predicted octanol–water partition coefficient (Wildman–Crippen LogP) is 2.75. The summed E-state index contributed by atoms with van der Waals surface area (Å²) in [5.41, 5.74) is 0.587. The van der Waals surface area contributed by atoms with Crippen molar-refractivity contribution in [1.82, 2.24) is 20.1 Å². The van der Waals surface area contributed by atoms with Crippen molar-refractivity contribution in [2.75, 3.05) is 6.61 Å². The van der Waals surface area contributed by atoms with Crippen molar-refractivity contribution in [1.29, 1.82) is 0 Å².